The highest BCUT2D eigenvalue weighted by Crippen LogP contribution is 2.49. The number of nitrogens with zero attached hydrogens (tertiary/aromatic N) is 2. The summed E-state index contributed by atoms with van der Waals surface area (Å²) in [6.07, 6.45) is 4.05. The van der Waals surface area contributed by atoms with Crippen LogP contribution in [0.15, 0.2) is 24.3 Å². The standard InChI is InChI=1S/C18H24N2O/c1-2-20-12-5-9-18(21,11-13-20)17(14-19)10-8-15-6-3-4-7-16(15)17/h3-4,6-7,21H,2,5,8-13H2,1H3. The van der Waals surface area contributed by atoms with Gasteiger partial charge in [0.25, 0.3) is 0 Å². The lowest BCUT2D eigenvalue weighted by atomic mass is 9.65. The SMILES string of the molecule is CCN1CCCC(O)(C2(C#N)CCc3ccccc32)CC1. The highest BCUT2D eigenvalue weighted by molar-refractivity contribution is 5.47. The number of hydrogen-bond acceptors (Lipinski definition) is 3. The lowest BCUT2D eigenvalue weighted by Gasteiger charge is -2.40. The van der Waals surface area contributed by atoms with Crippen molar-refractivity contribution in [2.45, 2.75) is 50.0 Å². The number of fused-ring (bicyclic) bond motifs is 1. The molecular weight excluding hydrogens is 260 g/mol. The quantitative estimate of drug-likeness (QED) is 0.908. The third-order valence-electron chi connectivity index (χ3n) is 5.59. The molecule has 0 radical (unpaired) electrons. The Kier molecular flexibility index (Phi) is 3.77. The molecule has 1 aromatic carbocycles. The van der Waals surface area contributed by atoms with Crippen molar-refractivity contribution >= 4 is 0 Å². The first-order valence-corrected chi connectivity index (χ1v) is 8.09. The Hall–Kier alpha value is -1.37. The summed E-state index contributed by atoms with van der Waals surface area (Å²) < 4.78 is 0. The summed E-state index contributed by atoms with van der Waals surface area (Å²) in [6.45, 7) is 5.10. The van der Waals surface area contributed by atoms with Gasteiger partial charge in [-0.05, 0) is 56.3 Å². The van der Waals surface area contributed by atoms with Gasteiger partial charge in [-0.2, -0.15) is 5.26 Å². The van der Waals surface area contributed by atoms with Crippen molar-refractivity contribution in [3.8, 4) is 6.07 Å². The molecule has 21 heavy (non-hydrogen) atoms. The van der Waals surface area contributed by atoms with Crippen molar-refractivity contribution in [2.24, 2.45) is 0 Å². The fraction of sp³-hybridized carbons (Fsp3) is 0.611. The van der Waals surface area contributed by atoms with E-state index in [1.807, 2.05) is 18.2 Å². The second-order valence-corrected chi connectivity index (χ2v) is 6.49. The van der Waals surface area contributed by atoms with Gasteiger partial charge >= 0.3 is 0 Å². The molecule has 2 aliphatic rings. The minimum absolute atomic E-state index is 0.697. The third-order valence-corrected chi connectivity index (χ3v) is 5.59. The number of aryl methyl sites for hydroxylation is 1. The van der Waals surface area contributed by atoms with Crippen LogP contribution in [0.4, 0.5) is 0 Å². The van der Waals surface area contributed by atoms with E-state index in [-0.39, 0.29) is 0 Å². The summed E-state index contributed by atoms with van der Waals surface area (Å²) in [5.41, 5.74) is 0.704. The molecule has 1 aliphatic carbocycles. The molecule has 3 rings (SSSR count). The van der Waals surface area contributed by atoms with Gasteiger partial charge in [0.15, 0.2) is 0 Å². The monoisotopic (exact) mass is 284 g/mol. The summed E-state index contributed by atoms with van der Waals surface area (Å²) >= 11 is 0. The van der Waals surface area contributed by atoms with Crippen molar-refractivity contribution in [1.82, 2.24) is 4.90 Å². The second-order valence-electron chi connectivity index (χ2n) is 6.49. The zero-order chi connectivity index (χ0) is 14.9. The van der Waals surface area contributed by atoms with Crippen molar-refractivity contribution < 1.29 is 5.11 Å². The Labute approximate surface area is 127 Å². The van der Waals surface area contributed by atoms with E-state index in [4.69, 9.17) is 0 Å². The smallest absolute Gasteiger partial charge is 0.111 e. The zero-order valence-corrected chi connectivity index (χ0v) is 12.8. The van der Waals surface area contributed by atoms with Gasteiger partial charge in [-0.1, -0.05) is 31.2 Å². The molecule has 0 aromatic heterocycles. The number of hydrogen-bond donors (Lipinski definition) is 1. The molecule has 3 nitrogen and oxygen atoms in total. The van der Waals surface area contributed by atoms with Crippen LogP contribution < -0.4 is 0 Å². The average Bonchev–Trinajstić information content (AvgIpc) is 2.80. The van der Waals surface area contributed by atoms with Crippen molar-refractivity contribution in [3.63, 3.8) is 0 Å². The number of benzene rings is 1. The number of nitriles is 1. The van der Waals surface area contributed by atoms with Crippen LogP contribution in [-0.4, -0.2) is 35.2 Å². The molecule has 2 unspecified atom stereocenters. The predicted molar refractivity (Wildman–Crippen MR) is 83.0 cm³/mol. The van der Waals surface area contributed by atoms with E-state index in [0.717, 1.165) is 50.9 Å². The van der Waals surface area contributed by atoms with E-state index in [1.54, 1.807) is 0 Å². The van der Waals surface area contributed by atoms with Crippen LogP contribution in [0.2, 0.25) is 0 Å². The summed E-state index contributed by atoms with van der Waals surface area (Å²) in [6, 6.07) is 10.7. The zero-order valence-electron chi connectivity index (χ0n) is 12.8. The van der Waals surface area contributed by atoms with Gasteiger partial charge in [-0.25, -0.2) is 0 Å². The number of likely N-dealkylation sites (tertiary alicyclic amines) is 1. The molecule has 1 fully saturated rings. The molecule has 1 heterocycles. The maximum atomic E-state index is 11.4. The highest BCUT2D eigenvalue weighted by Gasteiger charge is 2.55. The molecule has 0 saturated carbocycles. The highest BCUT2D eigenvalue weighted by atomic mass is 16.3. The Morgan fingerprint density at radius 1 is 1.24 bits per heavy atom. The summed E-state index contributed by atoms with van der Waals surface area (Å²) in [7, 11) is 0. The third kappa shape index (κ3) is 2.18. The Morgan fingerprint density at radius 3 is 2.81 bits per heavy atom. The van der Waals surface area contributed by atoms with Gasteiger partial charge in [-0.3, -0.25) is 0 Å². The Bertz CT molecular complexity index is 565. The molecule has 1 N–H and O–H groups in total. The lowest BCUT2D eigenvalue weighted by molar-refractivity contribution is -0.0295. The van der Waals surface area contributed by atoms with E-state index in [2.05, 4.69) is 24.0 Å². The lowest BCUT2D eigenvalue weighted by Crippen LogP contribution is -2.50. The average molecular weight is 284 g/mol. The van der Waals surface area contributed by atoms with Crippen LogP contribution in [0.1, 0.15) is 43.7 Å². The maximum absolute atomic E-state index is 11.4. The maximum Gasteiger partial charge on any atom is 0.111 e. The number of aliphatic hydroxyl groups is 1. The van der Waals surface area contributed by atoms with E-state index < -0.39 is 11.0 Å². The molecule has 3 heteroatoms. The van der Waals surface area contributed by atoms with Crippen LogP contribution in [-0.2, 0) is 11.8 Å². The van der Waals surface area contributed by atoms with Crippen molar-refractivity contribution in [3.05, 3.63) is 35.4 Å². The van der Waals surface area contributed by atoms with Crippen LogP contribution in [0, 0.1) is 11.3 Å². The van der Waals surface area contributed by atoms with Crippen molar-refractivity contribution in [2.75, 3.05) is 19.6 Å². The molecule has 112 valence electrons. The molecule has 2 atom stereocenters. The van der Waals surface area contributed by atoms with Crippen molar-refractivity contribution in [1.29, 1.82) is 5.26 Å². The minimum Gasteiger partial charge on any atom is -0.388 e. The van der Waals surface area contributed by atoms with Crippen LogP contribution >= 0.6 is 0 Å². The van der Waals surface area contributed by atoms with Gasteiger partial charge in [-0.15, -0.1) is 0 Å². The summed E-state index contributed by atoms with van der Waals surface area (Å²) in [5.74, 6) is 0. The largest absolute Gasteiger partial charge is 0.388 e. The molecule has 0 bridgehead atoms. The van der Waals surface area contributed by atoms with E-state index >= 15 is 0 Å². The fourth-order valence-electron chi connectivity index (χ4n) is 4.23. The second kappa shape index (κ2) is 5.44. The minimum atomic E-state index is -0.891. The van der Waals surface area contributed by atoms with Gasteiger partial charge in [0.1, 0.15) is 5.41 Å². The van der Waals surface area contributed by atoms with Gasteiger partial charge < -0.3 is 10.0 Å². The fourth-order valence-corrected chi connectivity index (χ4v) is 4.23. The first-order valence-electron chi connectivity index (χ1n) is 8.09. The van der Waals surface area contributed by atoms with Crippen LogP contribution in [0.25, 0.3) is 0 Å². The summed E-state index contributed by atoms with van der Waals surface area (Å²) in [4.78, 5) is 2.38. The molecule has 0 spiro atoms. The topological polar surface area (TPSA) is 47.3 Å². The Balaban J connectivity index is 1.99. The van der Waals surface area contributed by atoms with E-state index in [0.29, 0.717) is 6.42 Å². The van der Waals surface area contributed by atoms with E-state index in [1.165, 1.54) is 5.56 Å². The molecule has 1 aliphatic heterocycles. The molecule has 1 aromatic rings. The van der Waals surface area contributed by atoms with Crippen LogP contribution in [0.3, 0.4) is 0 Å². The van der Waals surface area contributed by atoms with Gasteiger partial charge in [0.05, 0.1) is 11.7 Å². The first-order chi connectivity index (χ1) is 10.1. The summed E-state index contributed by atoms with van der Waals surface area (Å²) in [5, 5.41) is 21.4. The molecule has 0 amide bonds. The van der Waals surface area contributed by atoms with E-state index in [9.17, 15) is 10.4 Å². The number of rotatable bonds is 2. The van der Waals surface area contributed by atoms with Crippen LogP contribution in [0.5, 0.6) is 0 Å². The molecule has 1 saturated heterocycles. The van der Waals surface area contributed by atoms with Gasteiger partial charge in [0.2, 0.25) is 0 Å². The van der Waals surface area contributed by atoms with Gasteiger partial charge in [0, 0.05) is 6.54 Å². The predicted octanol–water partition coefficient (Wildman–Crippen LogP) is 2.63. The molecular formula is C18H24N2O. The Morgan fingerprint density at radius 2 is 2.05 bits per heavy atom. The first kappa shape index (κ1) is 14.6. The normalized spacial score (nSPS) is 33.2.